The second kappa shape index (κ2) is 5.81. The van der Waals surface area contributed by atoms with Crippen LogP contribution in [0.5, 0.6) is 0 Å². The van der Waals surface area contributed by atoms with Crippen molar-refractivity contribution >= 4 is 5.95 Å². The van der Waals surface area contributed by atoms with Gasteiger partial charge in [0.25, 0.3) is 0 Å². The van der Waals surface area contributed by atoms with E-state index >= 15 is 0 Å². The van der Waals surface area contributed by atoms with E-state index in [-0.39, 0.29) is 12.6 Å². The van der Waals surface area contributed by atoms with E-state index in [0.29, 0.717) is 12.0 Å². The molecule has 2 aliphatic heterocycles. The van der Waals surface area contributed by atoms with Gasteiger partial charge in [0.2, 0.25) is 5.95 Å². The van der Waals surface area contributed by atoms with Crippen LogP contribution in [-0.2, 0) is 0 Å². The van der Waals surface area contributed by atoms with E-state index in [0.717, 1.165) is 25.5 Å². The van der Waals surface area contributed by atoms with Crippen molar-refractivity contribution in [2.45, 2.75) is 31.3 Å². The van der Waals surface area contributed by atoms with Crippen LogP contribution in [-0.4, -0.2) is 46.9 Å². The molecular weight excluding hydrogens is 242 g/mol. The lowest BCUT2D eigenvalue weighted by Crippen LogP contribution is -2.45. The Morgan fingerprint density at radius 3 is 2.89 bits per heavy atom. The Morgan fingerprint density at radius 1 is 1.32 bits per heavy atom. The number of piperidine rings is 1. The molecular formula is C13H21N5O. The van der Waals surface area contributed by atoms with E-state index in [1.54, 1.807) is 12.4 Å². The van der Waals surface area contributed by atoms with Crippen LogP contribution in [0.3, 0.4) is 0 Å². The van der Waals surface area contributed by atoms with Crippen LogP contribution in [0.4, 0.5) is 5.95 Å². The summed E-state index contributed by atoms with van der Waals surface area (Å²) in [5.74, 6) is 1.42. The van der Waals surface area contributed by atoms with Gasteiger partial charge in [-0.3, -0.25) is 10.9 Å². The van der Waals surface area contributed by atoms with Gasteiger partial charge in [-0.1, -0.05) is 0 Å². The number of hydrogen-bond donors (Lipinski definition) is 3. The Balaban J connectivity index is 1.62. The number of aliphatic hydroxyl groups is 1. The van der Waals surface area contributed by atoms with Crippen LogP contribution in [0.2, 0.25) is 0 Å². The second-order valence-electron chi connectivity index (χ2n) is 5.41. The molecule has 3 rings (SSSR count). The molecule has 1 aromatic heterocycles. The van der Waals surface area contributed by atoms with Crippen molar-refractivity contribution in [3.8, 4) is 0 Å². The smallest absolute Gasteiger partial charge is 0.225 e. The molecule has 3 unspecified atom stereocenters. The van der Waals surface area contributed by atoms with Crippen molar-refractivity contribution < 1.29 is 5.11 Å². The van der Waals surface area contributed by atoms with Gasteiger partial charge in [0.05, 0.1) is 6.61 Å². The molecule has 0 aromatic carbocycles. The normalized spacial score (nSPS) is 31.6. The molecule has 2 aliphatic rings. The van der Waals surface area contributed by atoms with Gasteiger partial charge < -0.3 is 10.0 Å². The average molecular weight is 263 g/mol. The third-order valence-corrected chi connectivity index (χ3v) is 4.09. The Morgan fingerprint density at radius 2 is 2.16 bits per heavy atom. The van der Waals surface area contributed by atoms with Gasteiger partial charge in [0.15, 0.2) is 0 Å². The van der Waals surface area contributed by atoms with Crippen molar-refractivity contribution in [1.82, 2.24) is 20.8 Å². The number of aromatic nitrogens is 2. The highest BCUT2D eigenvalue weighted by atomic mass is 16.3. The summed E-state index contributed by atoms with van der Waals surface area (Å²) < 4.78 is 0. The van der Waals surface area contributed by atoms with Crippen molar-refractivity contribution in [1.29, 1.82) is 0 Å². The zero-order chi connectivity index (χ0) is 13.1. The Bertz CT molecular complexity index is 401. The van der Waals surface area contributed by atoms with Crippen LogP contribution in [0.15, 0.2) is 18.5 Å². The highest BCUT2D eigenvalue weighted by Crippen LogP contribution is 2.25. The largest absolute Gasteiger partial charge is 0.395 e. The van der Waals surface area contributed by atoms with Gasteiger partial charge in [-0.25, -0.2) is 9.97 Å². The molecule has 6 nitrogen and oxygen atoms in total. The fourth-order valence-electron chi connectivity index (χ4n) is 3.05. The molecule has 3 atom stereocenters. The van der Waals surface area contributed by atoms with E-state index in [2.05, 4.69) is 25.7 Å². The molecule has 2 saturated heterocycles. The maximum absolute atomic E-state index is 9.18. The third kappa shape index (κ3) is 2.86. The lowest BCUT2D eigenvalue weighted by Gasteiger charge is -2.35. The van der Waals surface area contributed by atoms with Crippen LogP contribution >= 0.6 is 0 Å². The SMILES string of the molecule is OCC1CC(C2CCCN(c3ncccn3)C2)NN1. The van der Waals surface area contributed by atoms with Gasteiger partial charge in [-0.05, 0) is 31.2 Å². The molecule has 0 saturated carbocycles. The van der Waals surface area contributed by atoms with Crippen LogP contribution < -0.4 is 15.8 Å². The topological polar surface area (TPSA) is 73.3 Å². The van der Waals surface area contributed by atoms with Crippen molar-refractivity contribution in [3.63, 3.8) is 0 Å². The molecule has 0 spiro atoms. The number of anilines is 1. The fourth-order valence-corrected chi connectivity index (χ4v) is 3.05. The third-order valence-electron chi connectivity index (χ3n) is 4.09. The quantitative estimate of drug-likeness (QED) is 0.708. The molecule has 0 bridgehead atoms. The Kier molecular flexibility index (Phi) is 3.91. The highest BCUT2D eigenvalue weighted by Gasteiger charge is 2.33. The molecule has 19 heavy (non-hydrogen) atoms. The maximum Gasteiger partial charge on any atom is 0.225 e. The maximum atomic E-state index is 9.18. The number of aliphatic hydroxyl groups excluding tert-OH is 1. The first kappa shape index (κ1) is 12.8. The zero-order valence-electron chi connectivity index (χ0n) is 11.0. The summed E-state index contributed by atoms with van der Waals surface area (Å²) in [5.41, 5.74) is 6.48. The van der Waals surface area contributed by atoms with Gasteiger partial charge in [0.1, 0.15) is 0 Å². The number of hydrogen-bond acceptors (Lipinski definition) is 6. The number of hydrazine groups is 1. The van der Waals surface area contributed by atoms with Gasteiger partial charge >= 0.3 is 0 Å². The van der Waals surface area contributed by atoms with Crippen molar-refractivity contribution in [2.75, 3.05) is 24.6 Å². The monoisotopic (exact) mass is 263 g/mol. The van der Waals surface area contributed by atoms with Crippen molar-refractivity contribution in [2.24, 2.45) is 5.92 Å². The molecule has 1 aromatic rings. The minimum Gasteiger partial charge on any atom is -0.395 e. The van der Waals surface area contributed by atoms with Gasteiger partial charge in [0, 0.05) is 37.6 Å². The standard InChI is InChI=1S/C13H21N5O/c19-9-11-7-12(17-16-11)10-3-1-6-18(8-10)13-14-4-2-5-15-13/h2,4-5,10-12,16-17,19H,1,3,6-9H2. The zero-order valence-corrected chi connectivity index (χ0v) is 11.0. The highest BCUT2D eigenvalue weighted by molar-refractivity contribution is 5.29. The van der Waals surface area contributed by atoms with Gasteiger partial charge in [-0.2, -0.15) is 0 Å². The first-order chi connectivity index (χ1) is 9.36. The van der Waals surface area contributed by atoms with Gasteiger partial charge in [-0.15, -0.1) is 0 Å². The lowest BCUT2D eigenvalue weighted by atomic mass is 9.88. The average Bonchev–Trinajstić information content (AvgIpc) is 2.97. The Labute approximate surface area is 113 Å². The summed E-state index contributed by atoms with van der Waals surface area (Å²) in [7, 11) is 0. The molecule has 6 heteroatoms. The number of nitrogens with zero attached hydrogens (tertiary/aromatic N) is 3. The Hall–Kier alpha value is -1.24. The summed E-state index contributed by atoms with van der Waals surface area (Å²) in [6.45, 7) is 2.22. The molecule has 3 heterocycles. The molecule has 104 valence electrons. The van der Waals surface area contributed by atoms with Crippen LogP contribution in [0.25, 0.3) is 0 Å². The molecule has 0 amide bonds. The number of nitrogens with one attached hydrogen (secondary N) is 2. The van der Waals surface area contributed by atoms with E-state index in [9.17, 15) is 5.11 Å². The summed E-state index contributed by atoms with van der Waals surface area (Å²) >= 11 is 0. The summed E-state index contributed by atoms with van der Waals surface area (Å²) in [4.78, 5) is 10.9. The molecule has 0 aliphatic carbocycles. The summed E-state index contributed by atoms with van der Waals surface area (Å²) in [6, 6.07) is 2.47. The first-order valence-electron chi connectivity index (χ1n) is 7.00. The van der Waals surface area contributed by atoms with Crippen molar-refractivity contribution in [3.05, 3.63) is 18.5 Å². The molecule has 2 fully saturated rings. The predicted octanol–water partition coefficient (Wildman–Crippen LogP) is -0.0796. The minimum atomic E-state index is 0.188. The lowest BCUT2D eigenvalue weighted by molar-refractivity contribution is 0.250. The second-order valence-corrected chi connectivity index (χ2v) is 5.41. The fraction of sp³-hybridized carbons (Fsp3) is 0.692. The summed E-state index contributed by atoms with van der Waals surface area (Å²) in [5, 5.41) is 9.18. The predicted molar refractivity (Wildman–Crippen MR) is 72.5 cm³/mol. The van der Waals surface area contributed by atoms with Crippen LogP contribution in [0, 0.1) is 5.92 Å². The molecule has 0 radical (unpaired) electrons. The minimum absolute atomic E-state index is 0.188. The van der Waals surface area contributed by atoms with E-state index in [4.69, 9.17) is 0 Å². The van der Waals surface area contributed by atoms with E-state index < -0.39 is 0 Å². The molecule has 3 N–H and O–H groups in total. The number of rotatable bonds is 3. The van der Waals surface area contributed by atoms with Crippen LogP contribution in [0.1, 0.15) is 19.3 Å². The van der Waals surface area contributed by atoms with E-state index in [1.165, 1.54) is 12.8 Å². The first-order valence-corrected chi connectivity index (χ1v) is 7.00. The summed E-state index contributed by atoms with van der Waals surface area (Å²) in [6.07, 6.45) is 6.97. The van der Waals surface area contributed by atoms with E-state index in [1.807, 2.05) is 6.07 Å².